The molecule has 1 unspecified atom stereocenters. The van der Waals surface area contributed by atoms with Crippen LogP contribution in [0.5, 0.6) is 5.75 Å². The molecule has 1 rings (SSSR count). The van der Waals surface area contributed by atoms with Gasteiger partial charge in [-0.2, -0.15) is 0 Å². The minimum absolute atomic E-state index is 0.0358. The minimum atomic E-state index is -1.02. The maximum absolute atomic E-state index is 12.2. The molecular weight excluding hydrogens is 306 g/mol. The second-order valence-electron chi connectivity index (χ2n) is 5.68. The molecule has 0 saturated carbocycles. The summed E-state index contributed by atoms with van der Waals surface area (Å²) >= 11 is 5.80. The number of hydrogen-bond acceptors (Lipinski definition) is 4. The number of aliphatic carboxylic acids is 1. The molecule has 0 fully saturated rings. The number of carboxylic acids is 1. The van der Waals surface area contributed by atoms with Crippen molar-refractivity contribution in [3.8, 4) is 5.75 Å². The normalized spacial score (nSPS) is 12.7. The lowest BCUT2D eigenvalue weighted by atomic mass is 9.97. The average Bonchev–Trinajstić information content (AvgIpc) is 2.45. The highest BCUT2D eigenvalue weighted by molar-refractivity contribution is 6.30. The third-order valence-electron chi connectivity index (χ3n) is 3.34. The fourth-order valence-corrected chi connectivity index (χ4v) is 2.05. The number of benzene rings is 1. The van der Waals surface area contributed by atoms with E-state index in [0.717, 1.165) is 0 Å². The van der Waals surface area contributed by atoms with Gasteiger partial charge in [0.15, 0.2) is 11.4 Å². The highest BCUT2D eigenvalue weighted by Gasteiger charge is 2.29. The summed E-state index contributed by atoms with van der Waals surface area (Å²) in [6.07, 6.45) is 1.87. The Labute approximate surface area is 135 Å². The van der Waals surface area contributed by atoms with Gasteiger partial charge in [0.05, 0.1) is 0 Å². The maximum atomic E-state index is 12.2. The predicted octanol–water partition coefficient (Wildman–Crippen LogP) is 3.04. The standard InChI is InChI=1S/C16H22ClNO4/c1-16(2,22-12-9-7-11(17)8-10-12)14(19)6-4-3-5-13(18)15(20)21/h7-10,13H,3-6,18H2,1-2H3,(H,20,21). The van der Waals surface area contributed by atoms with Crippen LogP contribution in [-0.2, 0) is 9.59 Å². The van der Waals surface area contributed by atoms with E-state index in [-0.39, 0.29) is 5.78 Å². The Morgan fingerprint density at radius 3 is 2.41 bits per heavy atom. The average molecular weight is 328 g/mol. The topological polar surface area (TPSA) is 89.6 Å². The van der Waals surface area contributed by atoms with Crippen molar-refractivity contribution in [3.63, 3.8) is 0 Å². The summed E-state index contributed by atoms with van der Waals surface area (Å²) in [5.41, 5.74) is 4.47. The number of carbonyl (C=O) groups is 2. The van der Waals surface area contributed by atoms with Crippen molar-refractivity contribution in [3.05, 3.63) is 29.3 Å². The summed E-state index contributed by atoms with van der Waals surface area (Å²) in [6, 6.07) is 5.95. The minimum Gasteiger partial charge on any atom is -0.480 e. The molecule has 0 aliphatic carbocycles. The molecule has 1 aromatic carbocycles. The van der Waals surface area contributed by atoms with Crippen molar-refractivity contribution in [1.82, 2.24) is 0 Å². The number of rotatable bonds is 9. The van der Waals surface area contributed by atoms with Gasteiger partial charge in [0, 0.05) is 11.4 Å². The summed E-state index contributed by atoms with van der Waals surface area (Å²) in [5.74, 6) is -0.472. The van der Waals surface area contributed by atoms with E-state index in [9.17, 15) is 9.59 Å². The largest absolute Gasteiger partial charge is 0.480 e. The first-order chi connectivity index (χ1) is 10.2. The fraction of sp³-hybridized carbons (Fsp3) is 0.500. The Balaban J connectivity index is 2.42. The lowest BCUT2D eigenvalue weighted by Crippen LogP contribution is -2.38. The number of carbonyl (C=O) groups excluding carboxylic acids is 1. The van der Waals surface area contributed by atoms with Crippen LogP contribution in [0, 0.1) is 0 Å². The first kappa shape index (κ1) is 18.5. The number of carboxylic acid groups (broad SMARTS) is 1. The molecular formula is C16H22ClNO4. The van der Waals surface area contributed by atoms with Gasteiger partial charge >= 0.3 is 5.97 Å². The Kier molecular flexibility index (Phi) is 6.84. The van der Waals surface area contributed by atoms with Gasteiger partial charge in [0.25, 0.3) is 0 Å². The van der Waals surface area contributed by atoms with Crippen molar-refractivity contribution in [2.24, 2.45) is 5.73 Å². The van der Waals surface area contributed by atoms with E-state index in [1.54, 1.807) is 38.1 Å². The Morgan fingerprint density at radius 1 is 1.27 bits per heavy atom. The number of nitrogens with two attached hydrogens (primary N) is 1. The molecule has 0 heterocycles. The zero-order chi connectivity index (χ0) is 16.8. The Morgan fingerprint density at radius 2 is 1.86 bits per heavy atom. The number of hydrogen-bond donors (Lipinski definition) is 2. The smallest absolute Gasteiger partial charge is 0.320 e. The molecule has 0 radical (unpaired) electrons. The molecule has 6 heteroatoms. The molecule has 0 aromatic heterocycles. The Hall–Kier alpha value is -1.59. The Bertz CT molecular complexity index is 513. The van der Waals surface area contributed by atoms with Crippen LogP contribution in [0.3, 0.4) is 0 Å². The first-order valence-corrected chi connectivity index (χ1v) is 7.56. The summed E-state index contributed by atoms with van der Waals surface area (Å²) in [5, 5.41) is 9.29. The fourth-order valence-electron chi connectivity index (χ4n) is 1.93. The molecule has 0 saturated heterocycles. The molecule has 22 heavy (non-hydrogen) atoms. The number of Topliss-reactive ketones (excluding diaryl/α,β-unsaturated/α-hetero) is 1. The SMILES string of the molecule is CC(C)(Oc1ccc(Cl)cc1)C(=O)CCCCC(N)C(=O)O. The summed E-state index contributed by atoms with van der Waals surface area (Å²) < 4.78 is 5.71. The monoisotopic (exact) mass is 327 g/mol. The van der Waals surface area contributed by atoms with Crippen LogP contribution in [0.25, 0.3) is 0 Å². The zero-order valence-corrected chi connectivity index (χ0v) is 13.6. The molecule has 0 bridgehead atoms. The van der Waals surface area contributed by atoms with Crippen molar-refractivity contribution in [2.75, 3.05) is 0 Å². The third-order valence-corrected chi connectivity index (χ3v) is 3.60. The third kappa shape index (κ3) is 6.03. The lowest BCUT2D eigenvalue weighted by molar-refractivity contribution is -0.138. The van der Waals surface area contributed by atoms with Gasteiger partial charge in [-0.15, -0.1) is 0 Å². The van der Waals surface area contributed by atoms with E-state index in [1.165, 1.54) is 0 Å². The molecule has 0 spiro atoms. The molecule has 0 amide bonds. The van der Waals surface area contributed by atoms with Crippen molar-refractivity contribution in [1.29, 1.82) is 0 Å². The van der Waals surface area contributed by atoms with Gasteiger partial charge in [-0.1, -0.05) is 18.0 Å². The summed E-state index contributed by atoms with van der Waals surface area (Å²) in [7, 11) is 0. The van der Waals surface area contributed by atoms with Crippen molar-refractivity contribution in [2.45, 2.75) is 51.2 Å². The summed E-state index contributed by atoms with van der Waals surface area (Å²) in [4.78, 5) is 22.8. The van der Waals surface area contributed by atoms with Gasteiger partial charge in [-0.25, -0.2) is 0 Å². The van der Waals surface area contributed by atoms with Gasteiger partial charge in [0.2, 0.25) is 0 Å². The van der Waals surface area contributed by atoms with Crippen LogP contribution in [0.2, 0.25) is 5.02 Å². The lowest BCUT2D eigenvalue weighted by Gasteiger charge is -2.25. The van der Waals surface area contributed by atoms with E-state index >= 15 is 0 Å². The van der Waals surface area contributed by atoms with E-state index in [2.05, 4.69) is 0 Å². The van der Waals surface area contributed by atoms with Crippen LogP contribution in [0.15, 0.2) is 24.3 Å². The van der Waals surface area contributed by atoms with Crippen LogP contribution >= 0.6 is 11.6 Å². The van der Waals surface area contributed by atoms with E-state index in [4.69, 9.17) is 27.2 Å². The molecule has 1 atom stereocenters. The van der Waals surface area contributed by atoms with Crippen LogP contribution in [-0.4, -0.2) is 28.5 Å². The van der Waals surface area contributed by atoms with Gasteiger partial charge in [-0.3, -0.25) is 9.59 Å². The molecule has 3 N–H and O–H groups in total. The van der Waals surface area contributed by atoms with Gasteiger partial charge in [-0.05, 0) is 51.0 Å². The van der Waals surface area contributed by atoms with Crippen LogP contribution < -0.4 is 10.5 Å². The van der Waals surface area contributed by atoms with E-state index in [1.807, 2.05) is 0 Å². The van der Waals surface area contributed by atoms with Crippen LogP contribution in [0.1, 0.15) is 39.5 Å². The number of unbranched alkanes of at least 4 members (excludes halogenated alkanes) is 1. The number of ketones is 1. The first-order valence-electron chi connectivity index (χ1n) is 7.18. The molecule has 5 nitrogen and oxygen atoms in total. The van der Waals surface area contributed by atoms with Crippen LogP contribution in [0.4, 0.5) is 0 Å². The van der Waals surface area contributed by atoms with Gasteiger partial charge in [0.1, 0.15) is 11.8 Å². The van der Waals surface area contributed by atoms with E-state index in [0.29, 0.717) is 36.5 Å². The predicted molar refractivity (Wildman–Crippen MR) is 85.2 cm³/mol. The number of halogens is 1. The molecule has 0 aliphatic heterocycles. The molecule has 1 aromatic rings. The number of ether oxygens (including phenoxy) is 1. The highest BCUT2D eigenvalue weighted by Crippen LogP contribution is 2.23. The second kappa shape index (κ2) is 8.15. The molecule has 0 aliphatic rings. The van der Waals surface area contributed by atoms with Crippen molar-refractivity contribution >= 4 is 23.4 Å². The van der Waals surface area contributed by atoms with E-state index < -0.39 is 17.6 Å². The molecule has 122 valence electrons. The highest BCUT2D eigenvalue weighted by atomic mass is 35.5. The maximum Gasteiger partial charge on any atom is 0.320 e. The second-order valence-corrected chi connectivity index (χ2v) is 6.12. The van der Waals surface area contributed by atoms with Gasteiger partial charge < -0.3 is 15.6 Å². The zero-order valence-electron chi connectivity index (χ0n) is 12.8. The van der Waals surface area contributed by atoms with Crippen molar-refractivity contribution < 1.29 is 19.4 Å². The quantitative estimate of drug-likeness (QED) is 0.680. The summed E-state index contributed by atoms with van der Waals surface area (Å²) in [6.45, 7) is 3.43.